The zero-order valence-corrected chi connectivity index (χ0v) is 14.6. The molecular weight excluding hydrogens is 324 g/mol. The van der Waals surface area contributed by atoms with Gasteiger partial charge >= 0.3 is 0 Å². The van der Waals surface area contributed by atoms with E-state index in [1.807, 2.05) is 73.7 Å². The van der Waals surface area contributed by atoms with E-state index in [0.29, 0.717) is 5.75 Å². The van der Waals surface area contributed by atoms with Crippen LogP contribution >= 0.6 is 0 Å². The molecule has 1 amide bonds. The second-order valence-corrected chi connectivity index (χ2v) is 5.88. The Hall–Kier alpha value is -3.40. The number of hydrazone groups is 1. The van der Waals surface area contributed by atoms with Crippen LogP contribution in [-0.4, -0.2) is 18.7 Å². The Balaban J connectivity index is 1.48. The van der Waals surface area contributed by atoms with Crippen molar-refractivity contribution in [1.29, 1.82) is 0 Å². The first-order valence-corrected chi connectivity index (χ1v) is 8.37. The van der Waals surface area contributed by atoms with Crippen LogP contribution in [-0.2, 0) is 4.79 Å². The number of benzene rings is 3. The minimum absolute atomic E-state index is 0.0760. The van der Waals surface area contributed by atoms with Crippen molar-refractivity contribution in [2.24, 2.45) is 5.10 Å². The fourth-order valence-corrected chi connectivity index (χ4v) is 2.39. The van der Waals surface area contributed by atoms with E-state index < -0.39 is 0 Å². The molecule has 0 spiro atoms. The first kappa shape index (κ1) is 17.4. The summed E-state index contributed by atoms with van der Waals surface area (Å²) in [5.74, 6) is 0.356. The van der Waals surface area contributed by atoms with E-state index in [4.69, 9.17) is 4.74 Å². The Morgan fingerprint density at radius 3 is 2.27 bits per heavy atom. The van der Waals surface area contributed by atoms with Gasteiger partial charge in [-0.05, 0) is 35.7 Å². The predicted octanol–water partition coefficient (Wildman–Crippen LogP) is 4.19. The largest absolute Gasteiger partial charge is 0.484 e. The molecule has 4 heteroatoms. The van der Waals surface area contributed by atoms with Gasteiger partial charge in [-0.2, -0.15) is 5.10 Å². The monoisotopic (exact) mass is 344 g/mol. The molecule has 4 nitrogen and oxygen atoms in total. The van der Waals surface area contributed by atoms with E-state index in [9.17, 15) is 4.79 Å². The molecular formula is C22H20N2O2. The summed E-state index contributed by atoms with van der Waals surface area (Å²) in [6.45, 7) is 1.92. The van der Waals surface area contributed by atoms with E-state index >= 15 is 0 Å². The summed E-state index contributed by atoms with van der Waals surface area (Å²) < 4.78 is 5.40. The van der Waals surface area contributed by atoms with Crippen LogP contribution in [0.5, 0.6) is 5.75 Å². The highest BCUT2D eigenvalue weighted by atomic mass is 16.5. The van der Waals surface area contributed by atoms with Crippen LogP contribution < -0.4 is 10.2 Å². The molecule has 0 saturated carbocycles. The fraction of sp³-hybridized carbons (Fsp3) is 0.0909. The third-order valence-corrected chi connectivity index (χ3v) is 3.81. The number of nitrogens with one attached hydrogen (secondary N) is 1. The zero-order valence-electron chi connectivity index (χ0n) is 14.6. The molecule has 3 rings (SSSR count). The molecule has 0 radical (unpaired) electrons. The molecule has 0 atom stereocenters. The predicted molar refractivity (Wildman–Crippen MR) is 104 cm³/mol. The number of ether oxygens (including phenoxy) is 1. The van der Waals surface area contributed by atoms with Crippen LogP contribution in [0, 0.1) is 6.92 Å². The minimum Gasteiger partial charge on any atom is -0.484 e. The van der Waals surface area contributed by atoms with Gasteiger partial charge in [0.2, 0.25) is 0 Å². The highest BCUT2D eigenvalue weighted by molar-refractivity contribution is 5.83. The number of carbonyl (C=O) groups is 1. The summed E-state index contributed by atoms with van der Waals surface area (Å²) in [6.07, 6.45) is 1.61. The van der Waals surface area contributed by atoms with Crippen molar-refractivity contribution < 1.29 is 9.53 Å². The molecule has 3 aromatic carbocycles. The Morgan fingerprint density at radius 1 is 0.923 bits per heavy atom. The van der Waals surface area contributed by atoms with Crippen LogP contribution in [0.1, 0.15) is 11.1 Å². The Kier molecular flexibility index (Phi) is 5.78. The molecule has 0 unspecified atom stereocenters. The first-order valence-electron chi connectivity index (χ1n) is 8.37. The van der Waals surface area contributed by atoms with Crippen molar-refractivity contribution in [2.75, 3.05) is 6.61 Å². The number of amides is 1. The molecule has 0 aliphatic rings. The Morgan fingerprint density at radius 2 is 1.58 bits per heavy atom. The van der Waals surface area contributed by atoms with Crippen molar-refractivity contribution in [3.63, 3.8) is 0 Å². The average molecular weight is 344 g/mol. The molecule has 0 aromatic heterocycles. The van der Waals surface area contributed by atoms with Gasteiger partial charge in [0.15, 0.2) is 6.61 Å². The molecule has 0 heterocycles. The first-order chi connectivity index (χ1) is 12.7. The van der Waals surface area contributed by atoms with Gasteiger partial charge in [-0.1, -0.05) is 72.3 Å². The molecule has 0 fully saturated rings. The Labute approximate surface area is 153 Å². The van der Waals surface area contributed by atoms with Gasteiger partial charge in [-0.25, -0.2) is 5.43 Å². The van der Waals surface area contributed by atoms with Crippen molar-refractivity contribution >= 4 is 12.1 Å². The number of nitrogens with zero attached hydrogens (tertiary/aromatic N) is 1. The van der Waals surface area contributed by atoms with Gasteiger partial charge in [0.05, 0.1) is 6.21 Å². The molecule has 0 bridgehead atoms. The van der Waals surface area contributed by atoms with Gasteiger partial charge in [0.1, 0.15) is 5.75 Å². The van der Waals surface area contributed by atoms with E-state index in [0.717, 1.165) is 22.3 Å². The third-order valence-electron chi connectivity index (χ3n) is 3.81. The van der Waals surface area contributed by atoms with Crippen LogP contribution in [0.2, 0.25) is 0 Å². The van der Waals surface area contributed by atoms with Crippen molar-refractivity contribution in [2.45, 2.75) is 6.92 Å². The normalized spacial score (nSPS) is 10.7. The lowest BCUT2D eigenvalue weighted by Gasteiger charge is -2.05. The summed E-state index contributed by atoms with van der Waals surface area (Å²) >= 11 is 0. The maximum Gasteiger partial charge on any atom is 0.277 e. The average Bonchev–Trinajstić information content (AvgIpc) is 2.69. The zero-order chi connectivity index (χ0) is 18.2. The maximum absolute atomic E-state index is 11.8. The molecule has 26 heavy (non-hydrogen) atoms. The number of carbonyl (C=O) groups excluding carboxylic acids is 1. The van der Waals surface area contributed by atoms with Crippen LogP contribution in [0.4, 0.5) is 0 Å². The van der Waals surface area contributed by atoms with Crippen molar-refractivity contribution in [3.8, 4) is 16.9 Å². The van der Waals surface area contributed by atoms with Gasteiger partial charge in [-0.15, -0.1) is 0 Å². The van der Waals surface area contributed by atoms with Crippen LogP contribution in [0.25, 0.3) is 11.1 Å². The minimum atomic E-state index is -0.303. The van der Waals surface area contributed by atoms with Gasteiger partial charge in [-0.3, -0.25) is 4.79 Å². The highest BCUT2D eigenvalue weighted by Gasteiger charge is 2.01. The maximum atomic E-state index is 11.8. The standard InChI is InChI=1S/C22H20N2O2/c1-17-7-13-21(14-8-17)26-16-22(25)24-23-15-18-9-11-20(12-10-18)19-5-3-2-4-6-19/h2-15H,16H2,1H3,(H,24,25). The van der Waals surface area contributed by atoms with Crippen molar-refractivity contribution in [3.05, 3.63) is 90.0 Å². The lowest BCUT2D eigenvalue weighted by molar-refractivity contribution is -0.123. The number of hydrogen-bond donors (Lipinski definition) is 1. The van der Waals surface area contributed by atoms with Crippen molar-refractivity contribution in [1.82, 2.24) is 5.43 Å². The van der Waals surface area contributed by atoms with E-state index in [2.05, 4.69) is 22.7 Å². The van der Waals surface area contributed by atoms with Gasteiger partial charge in [0, 0.05) is 0 Å². The molecule has 0 aliphatic heterocycles. The molecule has 0 saturated heterocycles. The van der Waals surface area contributed by atoms with E-state index in [-0.39, 0.29) is 12.5 Å². The summed E-state index contributed by atoms with van der Waals surface area (Å²) in [6, 6.07) is 25.7. The second-order valence-electron chi connectivity index (χ2n) is 5.88. The number of hydrogen-bond acceptors (Lipinski definition) is 3. The molecule has 1 N–H and O–H groups in total. The number of rotatable bonds is 6. The van der Waals surface area contributed by atoms with E-state index in [1.54, 1.807) is 6.21 Å². The topological polar surface area (TPSA) is 50.7 Å². The van der Waals surface area contributed by atoms with E-state index in [1.165, 1.54) is 0 Å². The third kappa shape index (κ3) is 5.05. The lowest BCUT2D eigenvalue weighted by atomic mass is 10.0. The van der Waals surface area contributed by atoms with Gasteiger partial charge < -0.3 is 4.74 Å². The fourth-order valence-electron chi connectivity index (χ4n) is 2.39. The highest BCUT2D eigenvalue weighted by Crippen LogP contribution is 2.18. The lowest BCUT2D eigenvalue weighted by Crippen LogP contribution is -2.24. The summed E-state index contributed by atoms with van der Waals surface area (Å²) in [4.78, 5) is 11.8. The van der Waals surface area contributed by atoms with Crippen LogP contribution in [0.15, 0.2) is 84.0 Å². The summed E-state index contributed by atoms with van der Waals surface area (Å²) in [5, 5.41) is 3.97. The smallest absolute Gasteiger partial charge is 0.277 e. The van der Waals surface area contributed by atoms with Gasteiger partial charge in [0.25, 0.3) is 5.91 Å². The Bertz CT molecular complexity index is 870. The SMILES string of the molecule is Cc1ccc(OCC(=O)NN=Cc2ccc(-c3ccccc3)cc2)cc1. The van der Waals surface area contributed by atoms with Crippen LogP contribution in [0.3, 0.4) is 0 Å². The number of aryl methyl sites for hydroxylation is 1. The molecule has 0 aliphatic carbocycles. The summed E-state index contributed by atoms with van der Waals surface area (Å²) in [5.41, 5.74) is 6.82. The molecule has 3 aromatic rings. The quantitative estimate of drug-likeness (QED) is 0.538. The second kappa shape index (κ2) is 8.62. The summed E-state index contributed by atoms with van der Waals surface area (Å²) in [7, 11) is 0. The molecule has 130 valence electrons.